The maximum atomic E-state index is 12.9. The maximum absolute atomic E-state index is 12.9. The van der Waals surface area contributed by atoms with Crippen molar-refractivity contribution in [3.63, 3.8) is 0 Å². The van der Waals surface area contributed by atoms with Crippen LogP contribution in [0.4, 0.5) is 4.79 Å². The van der Waals surface area contributed by atoms with Gasteiger partial charge in [0.05, 0.1) is 0 Å². The summed E-state index contributed by atoms with van der Waals surface area (Å²) >= 11 is 0. The average Bonchev–Trinajstić information content (AvgIpc) is 2.87. The molecular weight excluding hydrogens is 480 g/mol. The summed E-state index contributed by atoms with van der Waals surface area (Å²) in [6.45, 7) is 18.7. The van der Waals surface area contributed by atoms with Gasteiger partial charge < -0.3 is 29.6 Å². The van der Waals surface area contributed by atoms with Crippen molar-refractivity contribution in [1.29, 1.82) is 0 Å². The van der Waals surface area contributed by atoms with Crippen molar-refractivity contribution in [2.24, 2.45) is 16.2 Å². The number of alkyl carbamates (subject to hydrolysis) is 1. The van der Waals surface area contributed by atoms with E-state index in [4.69, 9.17) is 18.9 Å². The third-order valence-electron chi connectivity index (χ3n) is 6.48. The Kier molecular flexibility index (Phi) is 12.6. The van der Waals surface area contributed by atoms with Gasteiger partial charge >= 0.3 is 24.0 Å². The van der Waals surface area contributed by atoms with Crippen molar-refractivity contribution < 1.29 is 38.1 Å². The molecule has 208 valence electrons. The molecule has 37 heavy (non-hydrogen) atoms. The molecule has 10 heteroatoms. The number of carbonyl (C=O) groups excluding carboxylic acids is 4. The van der Waals surface area contributed by atoms with E-state index in [1.165, 1.54) is 0 Å². The molecule has 1 saturated carbocycles. The van der Waals surface area contributed by atoms with Crippen LogP contribution in [-0.4, -0.2) is 69.6 Å². The summed E-state index contributed by atoms with van der Waals surface area (Å²) in [6, 6.07) is -0.141. The second kappa shape index (κ2) is 14.6. The first-order valence-electron chi connectivity index (χ1n) is 12.4. The van der Waals surface area contributed by atoms with Gasteiger partial charge in [-0.25, -0.2) is 19.2 Å². The molecule has 0 saturated heterocycles. The molecule has 1 rings (SSSR count). The maximum Gasteiger partial charge on any atom is 0.407 e. The Balaban J connectivity index is 3.05. The molecule has 0 bridgehead atoms. The molecule has 1 aliphatic rings. The molecule has 0 aromatic heterocycles. The first-order chi connectivity index (χ1) is 17.3. The van der Waals surface area contributed by atoms with Crippen LogP contribution < -0.4 is 10.6 Å². The second-order valence-corrected chi connectivity index (χ2v) is 10.5. The van der Waals surface area contributed by atoms with Crippen LogP contribution in [0, 0.1) is 16.2 Å². The summed E-state index contributed by atoms with van der Waals surface area (Å²) in [7, 11) is 0. The van der Waals surface area contributed by atoms with Crippen molar-refractivity contribution in [2.75, 3.05) is 39.5 Å². The van der Waals surface area contributed by atoms with Crippen molar-refractivity contribution in [3.05, 3.63) is 38.0 Å². The predicted octanol–water partition coefficient (Wildman–Crippen LogP) is 3.08. The molecule has 0 heterocycles. The first-order valence-corrected chi connectivity index (χ1v) is 12.4. The van der Waals surface area contributed by atoms with E-state index in [1.54, 1.807) is 0 Å². The minimum Gasteiger partial charge on any atom is -0.462 e. The fourth-order valence-corrected chi connectivity index (χ4v) is 4.53. The van der Waals surface area contributed by atoms with Crippen LogP contribution in [0.25, 0.3) is 0 Å². The first kappa shape index (κ1) is 31.9. The summed E-state index contributed by atoms with van der Waals surface area (Å²) in [5.41, 5.74) is -1.44. The topological polar surface area (TPSA) is 129 Å². The van der Waals surface area contributed by atoms with Gasteiger partial charge in [0.1, 0.15) is 31.8 Å². The summed E-state index contributed by atoms with van der Waals surface area (Å²) in [5, 5.41) is 6.38. The third kappa shape index (κ3) is 10.8. The second-order valence-electron chi connectivity index (χ2n) is 10.5. The average molecular weight is 523 g/mol. The Morgan fingerprint density at radius 2 is 1.32 bits per heavy atom. The smallest absolute Gasteiger partial charge is 0.407 e. The van der Waals surface area contributed by atoms with Gasteiger partial charge in [-0.15, -0.1) is 0 Å². The lowest BCUT2D eigenvalue weighted by atomic mass is 9.62. The highest BCUT2D eigenvalue weighted by Crippen LogP contribution is 2.45. The van der Waals surface area contributed by atoms with Crippen LogP contribution in [0.15, 0.2) is 38.0 Å². The van der Waals surface area contributed by atoms with Crippen LogP contribution >= 0.6 is 0 Å². The molecule has 1 fully saturated rings. The zero-order valence-electron chi connectivity index (χ0n) is 22.6. The van der Waals surface area contributed by atoms with E-state index >= 15 is 0 Å². The van der Waals surface area contributed by atoms with Gasteiger partial charge in [0.15, 0.2) is 0 Å². The molecular formula is C27H42N2O8. The van der Waals surface area contributed by atoms with E-state index in [2.05, 4.69) is 51.1 Å². The van der Waals surface area contributed by atoms with Crippen LogP contribution in [0.1, 0.15) is 47.0 Å². The minimum absolute atomic E-state index is 0.139. The molecule has 0 aliphatic heterocycles. The Bertz CT molecular complexity index is 794. The molecule has 0 spiro atoms. The molecule has 2 unspecified atom stereocenters. The normalized spacial score (nSPS) is 20.6. The molecule has 10 nitrogen and oxygen atoms in total. The van der Waals surface area contributed by atoms with Crippen LogP contribution in [0.2, 0.25) is 0 Å². The Hall–Kier alpha value is -3.14. The van der Waals surface area contributed by atoms with Crippen molar-refractivity contribution in [3.8, 4) is 0 Å². The zero-order valence-corrected chi connectivity index (χ0v) is 22.6. The predicted molar refractivity (Wildman–Crippen MR) is 138 cm³/mol. The Morgan fingerprint density at radius 3 is 1.76 bits per heavy atom. The molecule has 1 aliphatic carbocycles. The lowest BCUT2D eigenvalue weighted by molar-refractivity contribution is -0.159. The highest BCUT2D eigenvalue weighted by molar-refractivity contribution is 5.82. The summed E-state index contributed by atoms with van der Waals surface area (Å²) in [5.74, 6) is -2.24. The van der Waals surface area contributed by atoms with Gasteiger partial charge in [0.25, 0.3) is 0 Å². The van der Waals surface area contributed by atoms with Gasteiger partial charge in [-0.3, -0.25) is 0 Å². The fraction of sp³-hybridized carbons (Fsp3) is 0.630. The van der Waals surface area contributed by atoms with Crippen LogP contribution in [0.5, 0.6) is 0 Å². The number of rotatable bonds is 15. The Labute approximate surface area is 219 Å². The van der Waals surface area contributed by atoms with Crippen molar-refractivity contribution in [2.45, 2.75) is 53.0 Å². The molecule has 0 radical (unpaired) electrons. The standard InChI is InChI=1S/C27H42N2O8/c1-8-21(30)34-16-27(17-35-22(31)9-2,18-36-23(32)10-3)19-37-24(33)29-20-12-13-25(5,6)14-26(20,7)15-28-11-4/h8-10,20,28H,1-3,11-19H2,4-7H3,(H,29,33). The van der Waals surface area contributed by atoms with E-state index in [1.807, 2.05) is 6.92 Å². The number of ether oxygens (including phenoxy) is 4. The van der Waals surface area contributed by atoms with Gasteiger partial charge in [0.2, 0.25) is 0 Å². The SMILES string of the molecule is C=CC(=O)OCC(COC(=O)C=C)(COC(=O)C=C)COC(=O)NC1CCC(C)(C)CC1(C)CNCC. The number of hydrogen-bond donors (Lipinski definition) is 2. The zero-order chi connectivity index (χ0) is 28.1. The number of esters is 3. The lowest BCUT2D eigenvalue weighted by Crippen LogP contribution is -2.55. The molecule has 1 amide bonds. The highest BCUT2D eigenvalue weighted by atomic mass is 16.6. The van der Waals surface area contributed by atoms with Crippen LogP contribution in [0.3, 0.4) is 0 Å². The number of amides is 1. The lowest BCUT2D eigenvalue weighted by Gasteiger charge is -2.48. The number of hydrogen-bond acceptors (Lipinski definition) is 9. The van der Waals surface area contributed by atoms with E-state index in [-0.39, 0.29) is 43.3 Å². The Morgan fingerprint density at radius 1 is 0.865 bits per heavy atom. The van der Waals surface area contributed by atoms with Gasteiger partial charge in [-0.1, -0.05) is 47.4 Å². The molecule has 0 aromatic rings. The monoisotopic (exact) mass is 522 g/mol. The van der Waals surface area contributed by atoms with E-state index in [0.29, 0.717) is 0 Å². The highest BCUT2D eigenvalue weighted by Gasteiger charge is 2.44. The van der Waals surface area contributed by atoms with Crippen molar-refractivity contribution >= 4 is 24.0 Å². The summed E-state index contributed by atoms with van der Waals surface area (Å²) in [6.07, 6.45) is 4.82. The van der Waals surface area contributed by atoms with E-state index in [0.717, 1.165) is 50.6 Å². The van der Waals surface area contributed by atoms with Crippen LogP contribution in [-0.2, 0) is 33.3 Å². The van der Waals surface area contributed by atoms with Crippen molar-refractivity contribution in [1.82, 2.24) is 10.6 Å². The minimum atomic E-state index is -1.38. The third-order valence-corrected chi connectivity index (χ3v) is 6.48. The number of carbonyl (C=O) groups is 4. The van der Waals surface area contributed by atoms with Gasteiger partial charge in [0, 0.05) is 36.2 Å². The summed E-state index contributed by atoms with van der Waals surface area (Å²) in [4.78, 5) is 48.2. The summed E-state index contributed by atoms with van der Waals surface area (Å²) < 4.78 is 21.0. The molecule has 0 aromatic carbocycles. The number of nitrogens with one attached hydrogen (secondary N) is 2. The molecule has 2 N–H and O–H groups in total. The van der Waals surface area contributed by atoms with Gasteiger partial charge in [-0.05, 0) is 31.2 Å². The van der Waals surface area contributed by atoms with E-state index < -0.39 is 29.4 Å². The largest absolute Gasteiger partial charge is 0.462 e. The molecule has 2 atom stereocenters. The van der Waals surface area contributed by atoms with E-state index in [9.17, 15) is 19.2 Å². The quantitative estimate of drug-likeness (QED) is 0.189. The fourth-order valence-electron chi connectivity index (χ4n) is 4.53. The van der Waals surface area contributed by atoms with Gasteiger partial charge in [-0.2, -0.15) is 0 Å².